The molecule has 2 aromatic rings. The molecule has 1 heterocycles. The Hall–Kier alpha value is -4.19. The lowest BCUT2D eigenvalue weighted by Crippen LogP contribution is -2.46. The number of ether oxygens (including phenoxy) is 1. The molecular formula is C21H24N4O8. The van der Waals surface area contributed by atoms with E-state index < -0.39 is 47.8 Å². The van der Waals surface area contributed by atoms with Crippen molar-refractivity contribution in [1.82, 2.24) is 15.6 Å². The maximum absolute atomic E-state index is 12.3. The molecule has 0 bridgehead atoms. The summed E-state index contributed by atoms with van der Waals surface area (Å²) in [6, 6.07) is 4.85. The fraction of sp³-hybridized carbons (Fsp3) is 0.286. The van der Waals surface area contributed by atoms with Gasteiger partial charge in [-0.1, -0.05) is 6.58 Å². The Labute approximate surface area is 188 Å². The number of aliphatic hydroxyl groups excluding tert-OH is 1. The van der Waals surface area contributed by atoms with Gasteiger partial charge >= 0.3 is 12.1 Å². The van der Waals surface area contributed by atoms with Crippen molar-refractivity contribution in [3.05, 3.63) is 48.5 Å². The number of carboxylic acid groups (broad SMARTS) is 1. The summed E-state index contributed by atoms with van der Waals surface area (Å²) in [6.45, 7) is 7.77. The number of nitrogens with zero attached hydrogens (tertiary/aromatic N) is 1. The third-order valence-electron chi connectivity index (χ3n) is 3.84. The van der Waals surface area contributed by atoms with Gasteiger partial charge in [0.2, 0.25) is 5.89 Å². The van der Waals surface area contributed by atoms with Crippen LogP contribution < -0.4 is 16.0 Å². The average molecular weight is 460 g/mol. The van der Waals surface area contributed by atoms with E-state index in [0.717, 1.165) is 6.26 Å². The van der Waals surface area contributed by atoms with Crippen LogP contribution in [0.3, 0.4) is 0 Å². The molecule has 0 spiro atoms. The van der Waals surface area contributed by atoms with E-state index >= 15 is 0 Å². The van der Waals surface area contributed by atoms with E-state index in [0.29, 0.717) is 11.3 Å². The summed E-state index contributed by atoms with van der Waals surface area (Å²) in [5.74, 6) is -3.14. The molecule has 0 aliphatic carbocycles. The number of hydrogen-bond acceptors (Lipinski definition) is 8. The van der Waals surface area contributed by atoms with Crippen LogP contribution in [0.1, 0.15) is 31.3 Å². The quantitative estimate of drug-likeness (QED) is 0.365. The highest BCUT2D eigenvalue weighted by Gasteiger charge is 2.22. The van der Waals surface area contributed by atoms with Gasteiger partial charge in [0.05, 0.1) is 12.3 Å². The molecule has 12 nitrogen and oxygen atoms in total. The standard InChI is InChI=1S/C21H24N4O8/c1-11(16(27)24-14(9-26)19(29)30)22-17(28)15-10-32-18(25-15)12-5-7-13(8-6-12)23-20(31)33-21(2,3)4/h5-8,10,14,26H,1,9H2,2-4H3,(H,22,28)(H,23,31)(H,24,27)(H,29,30). The minimum Gasteiger partial charge on any atom is -0.480 e. The second-order valence-corrected chi connectivity index (χ2v) is 7.72. The second-order valence-electron chi connectivity index (χ2n) is 7.72. The number of aliphatic carboxylic acids is 1. The molecule has 0 saturated carbocycles. The first-order valence-corrected chi connectivity index (χ1v) is 9.60. The number of aliphatic hydroxyl groups is 1. The highest BCUT2D eigenvalue weighted by Crippen LogP contribution is 2.21. The van der Waals surface area contributed by atoms with Crippen LogP contribution in [0.2, 0.25) is 0 Å². The predicted molar refractivity (Wildman–Crippen MR) is 115 cm³/mol. The van der Waals surface area contributed by atoms with E-state index in [2.05, 4.69) is 22.2 Å². The monoisotopic (exact) mass is 460 g/mol. The van der Waals surface area contributed by atoms with Crippen molar-refractivity contribution in [2.24, 2.45) is 0 Å². The molecule has 176 valence electrons. The third kappa shape index (κ3) is 7.47. The number of carbonyl (C=O) groups is 4. The Balaban J connectivity index is 1.99. The van der Waals surface area contributed by atoms with Crippen LogP contribution in [-0.4, -0.2) is 57.3 Å². The largest absolute Gasteiger partial charge is 0.480 e. The molecular weight excluding hydrogens is 436 g/mol. The van der Waals surface area contributed by atoms with Crippen LogP contribution in [-0.2, 0) is 14.3 Å². The number of amides is 3. The van der Waals surface area contributed by atoms with Crippen LogP contribution in [0.25, 0.3) is 11.5 Å². The molecule has 0 radical (unpaired) electrons. The van der Waals surface area contributed by atoms with Crippen LogP contribution in [0, 0.1) is 0 Å². The highest BCUT2D eigenvalue weighted by atomic mass is 16.6. The molecule has 12 heteroatoms. The number of rotatable bonds is 8. The molecule has 3 amide bonds. The van der Waals surface area contributed by atoms with Crippen molar-refractivity contribution in [2.75, 3.05) is 11.9 Å². The summed E-state index contributed by atoms with van der Waals surface area (Å²) >= 11 is 0. The first kappa shape index (κ1) is 25.1. The zero-order chi connectivity index (χ0) is 24.8. The van der Waals surface area contributed by atoms with Crippen LogP contribution >= 0.6 is 0 Å². The van der Waals surface area contributed by atoms with Crippen LogP contribution in [0.5, 0.6) is 0 Å². The lowest BCUT2D eigenvalue weighted by molar-refractivity contribution is -0.142. The number of anilines is 1. The van der Waals surface area contributed by atoms with Crippen molar-refractivity contribution in [3.8, 4) is 11.5 Å². The summed E-state index contributed by atoms with van der Waals surface area (Å²) in [5.41, 5.74) is -0.259. The SMILES string of the molecule is C=C(NC(=O)c1coc(-c2ccc(NC(=O)OC(C)(C)C)cc2)n1)C(=O)NC(CO)C(=O)O. The van der Waals surface area contributed by atoms with Crippen molar-refractivity contribution in [2.45, 2.75) is 32.4 Å². The maximum Gasteiger partial charge on any atom is 0.412 e. The van der Waals surface area contributed by atoms with Gasteiger partial charge in [0, 0.05) is 11.3 Å². The molecule has 0 saturated heterocycles. The zero-order valence-corrected chi connectivity index (χ0v) is 18.2. The summed E-state index contributed by atoms with van der Waals surface area (Å²) < 4.78 is 10.5. The Bertz CT molecular complexity index is 1050. The molecule has 2 rings (SSSR count). The number of carboxylic acids is 1. The molecule has 33 heavy (non-hydrogen) atoms. The molecule has 0 fully saturated rings. The molecule has 1 aromatic heterocycles. The average Bonchev–Trinajstić information content (AvgIpc) is 3.21. The van der Waals surface area contributed by atoms with Crippen LogP contribution in [0.4, 0.5) is 10.5 Å². The molecule has 0 aliphatic rings. The van der Waals surface area contributed by atoms with E-state index in [4.69, 9.17) is 19.4 Å². The van der Waals surface area contributed by atoms with Gasteiger partial charge in [-0.05, 0) is 45.0 Å². The van der Waals surface area contributed by atoms with Crippen molar-refractivity contribution < 1.29 is 38.5 Å². The smallest absolute Gasteiger partial charge is 0.412 e. The molecule has 5 N–H and O–H groups in total. The topological polar surface area (TPSA) is 180 Å². The minimum absolute atomic E-state index is 0.102. The van der Waals surface area contributed by atoms with E-state index in [1.54, 1.807) is 45.0 Å². The van der Waals surface area contributed by atoms with Crippen molar-refractivity contribution in [1.29, 1.82) is 0 Å². The first-order valence-electron chi connectivity index (χ1n) is 9.60. The third-order valence-corrected chi connectivity index (χ3v) is 3.84. The van der Waals surface area contributed by atoms with Crippen LogP contribution in [0.15, 0.2) is 47.2 Å². The Morgan fingerprint density at radius 2 is 1.82 bits per heavy atom. The first-order chi connectivity index (χ1) is 15.4. The zero-order valence-electron chi connectivity index (χ0n) is 18.2. The van der Waals surface area contributed by atoms with Gasteiger partial charge in [-0.2, -0.15) is 0 Å². The minimum atomic E-state index is -1.54. The van der Waals surface area contributed by atoms with Gasteiger partial charge < -0.3 is 30.0 Å². The Morgan fingerprint density at radius 3 is 2.36 bits per heavy atom. The number of aromatic nitrogens is 1. The van der Waals surface area contributed by atoms with Gasteiger partial charge in [-0.25, -0.2) is 14.6 Å². The van der Waals surface area contributed by atoms with Gasteiger partial charge in [-0.3, -0.25) is 14.9 Å². The van der Waals surface area contributed by atoms with E-state index in [9.17, 15) is 19.2 Å². The van der Waals surface area contributed by atoms with E-state index in [-0.39, 0.29) is 11.6 Å². The predicted octanol–water partition coefficient (Wildman–Crippen LogP) is 1.49. The molecule has 0 aliphatic heterocycles. The summed E-state index contributed by atoms with van der Waals surface area (Å²) in [6.07, 6.45) is 0.458. The maximum atomic E-state index is 12.3. The number of nitrogens with one attached hydrogen (secondary N) is 3. The Kier molecular flexibility index (Phi) is 7.91. The van der Waals surface area contributed by atoms with Gasteiger partial charge in [0.15, 0.2) is 11.7 Å². The summed E-state index contributed by atoms with van der Waals surface area (Å²) in [7, 11) is 0. The number of carbonyl (C=O) groups excluding carboxylic acids is 3. The van der Waals surface area contributed by atoms with Crippen molar-refractivity contribution >= 4 is 29.6 Å². The van der Waals surface area contributed by atoms with Crippen molar-refractivity contribution in [3.63, 3.8) is 0 Å². The van der Waals surface area contributed by atoms with E-state index in [1.165, 1.54) is 0 Å². The van der Waals surface area contributed by atoms with Gasteiger partial charge in [0.1, 0.15) is 11.9 Å². The number of oxazole rings is 1. The van der Waals surface area contributed by atoms with E-state index in [1.807, 2.05) is 5.32 Å². The highest BCUT2D eigenvalue weighted by molar-refractivity contribution is 6.02. The van der Waals surface area contributed by atoms with Gasteiger partial charge in [-0.15, -0.1) is 0 Å². The lowest BCUT2D eigenvalue weighted by Gasteiger charge is -2.19. The Morgan fingerprint density at radius 1 is 1.18 bits per heavy atom. The number of hydrogen-bond donors (Lipinski definition) is 5. The number of benzene rings is 1. The molecule has 1 unspecified atom stereocenters. The lowest BCUT2D eigenvalue weighted by atomic mass is 10.2. The second kappa shape index (κ2) is 10.4. The summed E-state index contributed by atoms with van der Waals surface area (Å²) in [4.78, 5) is 50.9. The molecule has 1 aromatic carbocycles. The fourth-order valence-corrected chi connectivity index (χ4v) is 2.32. The van der Waals surface area contributed by atoms with Gasteiger partial charge in [0.25, 0.3) is 11.8 Å². The molecule has 1 atom stereocenters. The fourth-order valence-electron chi connectivity index (χ4n) is 2.32. The summed E-state index contributed by atoms with van der Waals surface area (Å²) in [5, 5.41) is 24.5. The normalized spacial score (nSPS) is 11.8.